The van der Waals surface area contributed by atoms with Gasteiger partial charge in [0.05, 0.1) is 17.4 Å². The highest BCUT2D eigenvalue weighted by atomic mass is 14.8. The lowest BCUT2D eigenvalue weighted by Gasteiger charge is -2.18. The highest BCUT2D eigenvalue weighted by molar-refractivity contribution is 5.95. The van der Waals surface area contributed by atoms with E-state index in [2.05, 4.69) is 23.8 Å². The van der Waals surface area contributed by atoms with Crippen LogP contribution in [0.25, 0.3) is 22.2 Å². The Morgan fingerprint density at radius 3 is 2.52 bits per heavy atom. The summed E-state index contributed by atoms with van der Waals surface area (Å²) in [6, 6.07) is 5.87. The molecular weight excluding hydrogens is 260 g/mol. The first-order chi connectivity index (χ1) is 10.2. The number of nitrogens with two attached hydrogens (primary N) is 1. The zero-order valence-electron chi connectivity index (χ0n) is 12.2. The quantitative estimate of drug-likeness (QED) is 0.791. The number of fused-ring (bicyclic) bond motifs is 1. The van der Waals surface area contributed by atoms with E-state index in [1.807, 2.05) is 18.2 Å². The van der Waals surface area contributed by atoms with Gasteiger partial charge in [0.1, 0.15) is 0 Å². The van der Waals surface area contributed by atoms with Gasteiger partial charge in [-0.05, 0) is 30.5 Å². The van der Waals surface area contributed by atoms with Crippen molar-refractivity contribution in [1.82, 2.24) is 15.0 Å². The molecule has 3 heterocycles. The van der Waals surface area contributed by atoms with Gasteiger partial charge in [-0.3, -0.25) is 9.97 Å². The van der Waals surface area contributed by atoms with Crippen molar-refractivity contribution < 1.29 is 0 Å². The summed E-state index contributed by atoms with van der Waals surface area (Å²) in [7, 11) is 0. The summed E-state index contributed by atoms with van der Waals surface area (Å²) in [5, 5.41) is 0.970. The summed E-state index contributed by atoms with van der Waals surface area (Å²) in [5.74, 6) is 0.346. The second-order valence-electron chi connectivity index (χ2n) is 5.23. The van der Waals surface area contributed by atoms with Crippen molar-refractivity contribution in [2.24, 2.45) is 0 Å². The van der Waals surface area contributed by atoms with E-state index in [1.54, 1.807) is 24.8 Å². The second-order valence-corrected chi connectivity index (χ2v) is 5.23. The first kappa shape index (κ1) is 13.5. The van der Waals surface area contributed by atoms with E-state index in [4.69, 9.17) is 10.7 Å². The minimum Gasteiger partial charge on any atom is -0.398 e. The van der Waals surface area contributed by atoms with E-state index >= 15 is 0 Å². The maximum atomic E-state index is 6.45. The van der Waals surface area contributed by atoms with Gasteiger partial charge in [-0.25, -0.2) is 4.98 Å². The topological polar surface area (TPSA) is 64.7 Å². The predicted molar refractivity (Wildman–Crippen MR) is 85.9 cm³/mol. The average molecular weight is 278 g/mol. The van der Waals surface area contributed by atoms with Gasteiger partial charge in [0.25, 0.3) is 0 Å². The monoisotopic (exact) mass is 278 g/mol. The van der Waals surface area contributed by atoms with Crippen LogP contribution in [0.2, 0.25) is 0 Å². The Kier molecular flexibility index (Phi) is 3.52. The number of nitrogens with zero attached hydrogens (tertiary/aromatic N) is 3. The Morgan fingerprint density at radius 1 is 1.10 bits per heavy atom. The summed E-state index contributed by atoms with van der Waals surface area (Å²) >= 11 is 0. The number of nitrogen functional groups attached to an aromatic ring is 1. The van der Waals surface area contributed by atoms with E-state index in [-0.39, 0.29) is 0 Å². The molecule has 0 radical (unpaired) electrons. The summed E-state index contributed by atoms with van der Waals surface area (Å²) in [4.78, 5) is 13.0. The molecule has 3 rings (SSSR count). The summed E-state index contributed by atoms with van der Waals surface area (Å²) in [6.07, 6.45) is 8.09. The molecular formula is C17H18N4. The minimum absolute atomic E-state index is 0.346. The van der Waals surface area contributed by atoms with Crippen molar-refractivity contribution in [1.29, 1.82) is 0 Å². The second kappa shape index (κ2) is 5.48. The zero-order valence-corrected chi connectivity index (χ0v) is 12.2. The van der Waals surface area contributed by atoms with E-state index in [1.165, 1.54) is 0 Å². The number of pyridine rings is 3. The third-order valence-corrected chi connectivity index (χ3v) is 3.93. The average Bonchev–Trinajstić information content (AvgIpc) is 2.55. The molecule has 0 saturated carbocycles. The molecule has 3 aromatic heterocycles. The Hall–Kier alpha value is -2.49. The number of hydrogen-bond acceptors (Lipinski definition) is 4. The number of hydrogen-bond donors (Lipinski definition) is 1. The summed E-state index contributed by atoms with van der Waals surface area (Å²) < 4.78 is 0. The minimum atomic E-state index is 0.346. The molecule has 0 bridgehead atoms. The van der Waals surface area contributed by atoms with Crippen molar-refractivity contribution in [2.75, 3.05) is 5.73 Å². The van der Waals surface area contributed by atoms with E-state index in [9.17, 15) is 0 Å². The molecule has 0 aliphatic rings. The summed E-state index contributed by atoms with van der Waals surface area (Å²) in [5.41, 5.74) is 11.2. The van der Waals surface area contributed by atoms with Crippen LogP contribution < -0.4 is 5.73 Å². The summed E-state index contributed by atoms with van der Waals surface area (Å²) in [6.45, 7) is 4.35. The van der Waals surface area contributed by atoms with Gasteiger partial charge in [-0.2, -0.15) is 0 Å². The normalized spacial score (nSPS) is 12.5. The fourth-order valence-corrected chi connectivity index (χ4v) is 2.59. The first-order valence-electron chi connectivity index (χ1n) is 7.15. The molecule has 4 nitrogen and oxygen atoms in total. The Labute approximate surface area is 124 Å². The van der Waals surface area contributed by atoms with Gasteiger partial charge in [-0.15, -0.1) is 0 Å². The molecule has 0 aromatic carbocycles. The number of rotatable bonds is 3. The van der Waals surface area contributed by atoms with Crippen molar-refractivity contribution in [3.63, 3.8) is 0 Å². The molecule has 0 aliphatic carbocycles. The van der Waals surface area contributed by atoms with E-state index < -0.39 is 0 Å². The van der Waals surface area contributed by atoms with Crippen LogP contribution in [0.4, 0.5) is 5.69 Å². The lowest BCUT2D eigenvalue weighted by atomic mass is 9.91. The fraction of sp³-hybridized carbons (Fsp3) is 0.235. The third kappa shape index (κ3) is 2.33. The van der Waals surface area contributed by atoms with E-state index in [0.717, 1.165) is 39.8 Å². The smallest absolute Gasteiger partial charge is 0.0913 e. The first-order valence-corrected chi connectivity index (χ1v) is 7.15. The van der Waals surface area contributed by atoms with Crippen LogP contribution in [-0.2, 0) is 0 Å². The molecule has 0 aliphatic heterocycles. The van der Waals surface area contributed by atoms with E-state index in [0.29, 0.717) is 5.92 Å². The Bertz CT molecular complexity index is 768. The van der Waals surface area contributed by atoms with Gasteiger partial charge in [0.2, 0.25) is 0 Å². The molecule has 2 N–H and O–H groups in total. The highest BCUT2D eigenvalue weighted by Gasteiger charge is 2.18. The maximum Gasteiger partial charge on any atom is 0.0913 e. The van der Waals surface area contributed by atoms with Gasteiger partial charge in [0.15, 0.2) is 0 Å². The SMILES string of the molecule is CC[C@H](C)c1c(-c2ccncc2)nc2cnccc2c1N. The zero-order chi connectivity index (χ0) is 14.8. The van der Waals surface area contributed by atoms with Crippen LogP contribution in [0.1, 0.15) is 31.7 Å². The molecule has 0 fully saturated rings. The molecule has 1 atom stereocenters. The lowest BCUT2D eigenvalue weighted by molar-refractivity contribution is 0.735. The van der Waals surface area contributed by atoms with Crippen molar-refractivity contribution >= 4 is 16.6 Å². The number of aromatic nitrogens is 3. The van der Waals surface area contributed by atoms with Crippen molar-refractivity contribution in [3.05, 3.63) is 48.5 Å². The van der Waals surface area contributed by atoms with Crippen LogP contribution >= 0.6 is 0 Å². The van der Waals surface area contributed by atoms with Crippen LogP contribution in [0.3, 0.4) is 0 Å². The standard InChI is InChI=1S/C17H18N4/c1-3-11(2)15-16(18)13-6-9-20-10-14(13)21-17(15)12-4-7-19-8-5-12/h4-11H,3H2,1-2H3,(H2,18,21)/t11-/m0/s1. The highest BCUT2D eigenvalue weighted by Crippen LogP contribution is 2.37. The molecule has 21 heavy (non-hydrogen) atoms. The molecule has 0 amide bonds. The van der Waals surface area contributed by atoms with Crippen LogP contribution in [0.5, 0.6) is 0 Å². The molecule has 0 saturated heterocycles. The Balaban J connectivity index is 2.36. The fourth-order valence-electron chi connectivity index (χ4n) is 2.59. The molecule has 4 heteroatoms. The molecule has 106 valence electrons. The van der Waals surface area contributed by atoms with Crippen LogP contribution in [0.15, 0.2) is 43.0 Å². The van der Waals surface area contributed by atoms with Crippen LogP contribution in [-0.4, -0.2) is 15.0 Å². The van der Waals surface area contributed by atoms with Gasteiger partial charge in [0, 0.05) is 40.8 Å². The molecule has 3 aromatic rings. The predicted octanol–water partition coefficient (Wildman–Crippen LogP) is 3.79. The van der Waals surface area contributed by atoms with Gasteiger partial charge in [-0.1, -0.05) is 13.8 Å². The van der Waals surface area contributed by atoms with Gasteiger partial charge < -0.3 is 5.73 Å². The lowest BCUT2D eigenvalue weighted by Crippen LogP contribution is -2.05. The van der Waals surface area contributed by atoms with Crippen molar-refractivity contribution in [3.8, 4) is 11.3 Å². The maximum absolute atomic E-state index is 6.45. The Morgan fingerprint density at radius 2 is 1.81 bits per heavy atom. The largest absolute Gasteiger partial charge is 0.398 e. The molecule has 0 spiro atoms. The number of anilines is 1. The molecule has 0 unspecified atom stereocenters. The third-order valence-electron chi connectivity index (χ3n) is 3.93. The van der Waals surface area contributed by atoms with Gasteiger partial charge >= 0.3 is 0 Å². The van der Waals surface area contributed by atoms with Crippen LogP contribution in [0, 0.1) is 0 Å². The van der Waals surface area contributed by atoms with Crippen molar-refractivity contribution in [2.45, 2.75) is 26.2 Å².